The van der Waals surface area contributed by atoms with Crippen LogP contribution in [0.15, 0.2) is 10.6 Å². The van der Waals surface area contributed by atoms with Crippen LogP contribution in [0.4, 0.5) is 0 Å². The summed E-state index contributed by atoms with van der Waals surface area (Å²) in [5, 5.41) is 8.71. The lowest BCUT2D eigenvalue weighted by Crippen LogP contribution is -2.47. The Hall–Kier alpha value is -1.89. The molecular weight excluding hydrogens is 238 g/mol. The largest absolute Gasteiger partial charge is 0.475 e. The highest BCUT2D eigenvalue weighted by Crippen LogP contribution is 2.09. The van der Waals surface area contributed by atoms with Gasteiger partial charge in [0.15, 0.2) is 0 Å². The third-order valence-corrected chi connectivity index (χ3v) is 2.94. The van der Waals surface area contributed by atoms with Crippen LogP contribution in [-0.4, -0.2) is 57.9 Å². The van der Waals surface area contributed by atoms with Gasteiger partial charge in [0.25, 0.3) is 0 Å². The number of oxazole rings is 1. The second-order valence-electron chi connectivity index (χ2n) is 4.21. The minimum Gasteiger partial charge on any atom is -0.475 e. The highest BCUT2D eigenvalue weighted by Gasteiger charge is 2.20. The maximum atomic E-state index is 11.2. The van der Waals surface area contributed by atoms with Gasteiger partial charge in [0.05, 0.1) is 12.7 Å². The summed E-state index contributed by atoms with van der Waals surface area (Å²) in [7, 11) is 0. The zero-order chi connectivity index (χ0) is 13.1. The second kappa shape index (κ2) is 5.18. The third kappa shape index (κ3) is 2.86. The van der Waals surface area contributed by atoms with Gasteiger partial charge in [-0.05, 0) is 0 Å². The van der Waals surface area contributed by atoms with Crippen molar-refractivity contribution < 1.29 is 19.1 Å². The van der Waals surface area contributed by atoms with Gasteiger partial charge in [-0.15, -0.1) is 0 Å². The summed E-state index contributed by atoms with van der Waals surface area (Å²) in [6, 6.07) is 0. The molecule has 1 saturated heterocycles. The lowest BCUT2D eigenvalue weighted by atomic mass is 10.3. The first-order valence-electron chi connectivity index (χ1n) is 5.72. The van der Waals surface area contributed by atoms with E-state index in [2.05, 4.69) is 9.88 Å². The molecule has 0 unspecified atom stereocenters. The van der Waals surface area contributed by atoms with E-state index in [1.54, 1.807) is 11.8 Å². The highest BCUT2D eigenvalue weighted by atomic mass is 16.4. The number of carboxylic acids is 1. The standard InChI is InChI=1S/C11H15N3O4/c1-8(15)14-4-2-13(3-5-14)7-10-12-6-9(18-10)11(16)17/h6H,2-5,7H2,1H3,(H,16,17). The molecule has 7 nitrogen and oxygen atoms in total. The highest BCUT2D eigenvalue weighted by molar-refractivity contribution is 5.83. The maximum absolute atomic E-state index is 11.2. The molecule has 1 aromatic heterocycles. The van der Waals surface area contributed by atoms with Gasteiger partial charge >= 0.3 is 5.97 Å². The first kappa shape index (κ1) is 12.6. The first-order valence-corrected chi connectivity index (χ1v) is 5.72. The van der Waals surface area contributed by atoms with Crippen LogP contribution in [0.2, 0.25) is 0 Å². The summed E-state index contributed by atoms with van der Waals surface area (Å²) in [5.74, 6) is -0.787. The Morgan fingerprint density at radius 1 is 1.39 bits per heavy atom. The molecule has 0 spiro atoms. The smallest absolute Gasteiger partial charge is 0.373 e. The molecule has 2 heterocycles. The number of aromatic nitrogens is 1. The van der Waals surface area contributed by atoms with Crippen molar-refractivity contribution >= 4 is 11.9 Å². The molecule has 0 atom stereocenters. The van der Waals surface area contributed by atoms with E-state index in [4.69, 9.17) is 9.52 Å². The summed E-state index contributed by atoms with van der Waals surface area (Å²) >= 11 is 0. The van der Waals surface area contributed by atoms with Crippen molar-refractivity contribution in [3.8, 4) is 0 Å². The van der Waals surface area contributed by atoms with Crippen molar-refractivity contribution in [3.63, 3.8) is 0 Å². The van der Waals surface area contributed by atoms with Crippen LogP contribution < -0.4 is 0 Å². The van der Waals surface area contributed by atoms with E-state index < -0.39 is 5.97 Å². The van der Waals surface area contributed by atoms with Gasteiger partial charge in [0.1, 0.15) is 0 Å². The Labute approximate surface area is 104 Å². The predicted molar refractivity (Wildman–Crippen MR) is 61.0 cm³/mol. The van der Waals surface area contributed by atoms with Crippen LogP contribution in [0.3, 0.4) is 0 Å². The molecule has 98 valence electrons. The van der Waals surface area contributed by atoms with Crippen molar-refractivity contribution in [2.45, 2.75) is 13.5 Å². The van der Waals surface area contributed by atoms with E-state index in [1.165, 1.54) is 6.20 Å². The summed E-state index contributed by atoms with van der Waals surface area (Å²) < 4.78 is 5.09. The van der Waals surface area contributed by atoms with Crippen LogP contribution >= 0.6 is 0 Å². The Morgan fingerprint density at radius 3 is 2.56 bits per heavy atom. The topological polar surface area (TPSA) is 86.9 Å². The van der Waals surface area contributed by atoms with Gasteiger partial charge in [-0.3, -0.25) is 9.69 Å². The van der Waals surface area contributed by atoms with E-state index in [0.717, 1.165) is 13.1 Å². The minimum atomic E-state index is -1.12. The molecule has 0 bridgehead atoms. The Bertz CT molecular complexity index is 449. The van der Waals surface area contributed by atoms with Crippen molar-refractivity contribution in [2.24, 2.45) is 0 Å². The molecule has 0 radical (unpaired) electrons. The van der Waals surface area contributed by atoms with E-state index in [9.17, 15) is 9.59 Å². The summed E-state index contributed by atoms with van der Waals surface area (Å²) in [6.45, 7) is 4.88. The fraction of sp³-hybridized carbons (Fsp3) is 0.545. The quantitative estimate of drug-likeness (QED) is 0.818. The zero-order valence-electron chi connectivity index (χ0n) is 10.1. The molecule has 7 heteroatoms. The van der Waals surface area contributed by atoms with Gasteiger partial charge in [-0.25, -0.2) is 9.78 Å². The van der Waals surface area contributed by atoms with Crippen LogP contribution in [0, 0.1) is 0 Å². The third-order valence-electron chi connectivity index (χ3n) is 2.94. The number of nitrogens with zero attached hydrogens (tertiary/aromatic N) is 3. The molecule has 1 amide bonds. The lowest BCUT2D eigenvalue weighted by Gasteiger charge is -2.33. The van der Waals surface area contributed by atoms with E-state index in [1.807, 2.05) is 0 Å². The number of carboxylic acid groups (broad SMARTS) is 1. The average Bonchev–Trinajstić information content (AvgIpc) is 2.78. The van der Waals surface area contributed by atoms with Gasteiger partial charge < -0.3 is 14.4 Å². The Morgan fingerprint density at radius 2 is 2.06 bits per heavy atom. The number of piperazine rings is 1. The molecule has 0 aromatic carbocycles. The molecule has 2 rings (SSSR count). The monoisotopic (exact) mass is 253 g/mol. The summed E-state index contributed by atoms with van der Waals surface area (Å²) in [4.78, 5) is 29.6. The fourth-order valence-electron chi connectivity index (χ4n) is 1.89. The van der Waals surface area contributed by atoms with Crippen molar-refractivity contribution in [1.29, 1.82) is 0 Å². The second-order valence-corrected chi connectivity index (χ2v) is 4.21. The fourth-order valence-corrected chi connectivity index (χ4v) is 1.89. The molecule has 1 fully saturated rings. The number of amides is 1. The maximum Gasteiger partial charge on any atom is 0.373 e. The van der Waals surface area contributed by atoms with Gasteiger partial charge in [0, 0.05) is 33.1 Å². The summed E-state index contributed by atoms with van der Waals surface area (Å²) in [6.07, 6.45) is 1.21. The molecular formula is C11H15N3O4. The van der Waals surface area contributed by atoms with Gasteiger partial charge in [-0.1, -0.05) is 0 Å². The number of hydrogen-bond donors (Lipinski definition) is 1. The molecule has 1 aromatic rings. The van der Waals surface area contributed by atoms with Crippen molar-refractivity contribution in [3.05, 3.63) is 17.8 Å². The number of carbonyl (C=O) groups excluding carboxylic acids is 1. The van der Waals surface area contributed by atoms with Crippen molar-refractivity contribution in [2.75, 3.05) is 26.2 Å². The van der Waals surface area contributed by atoms with Crippen LogP contribution in [0.5, 0.6) is 0 Å². The van der Waals surface area contributed by atoms with Crippen LogP contribution in [-0.2, 0) is 11.3 Å². The van der Waals surface area contributed by atoms with Gasteiger partial charge in [-0.2, -0.15) is 0 Å². The summed E-state index contributed by atoms with van der Waals surface area (Å²) in [5.41, 5.74) is 0. The molecule has 1 N–H and O–H groups in total. The molecule has 0 aliphatic carbocycles. The van der Waals surface area contributed by atoms with E-state index in [-0.39, 0.29) is 11.7 Å². The average molecular weight is 253 g/mol. The zero-order valence-corrected chi connectivity index (χ0v) is 10.1. The van der Waals surface area contributed by atoms with Crippen LogP contribution in [0.1, 0.15) is 23.4 Å². The molecule has 0 saturated carbocycles. The predicted octanol–water partition coefficient (Wildman–Crippen LogP) is 0.0369. The lowest BCUT2D eigenvalue weighted by molar-refractivity contribution is -0.130. The van der Waals surface area contributed by atoms with Gasteiger partial charge in [0.2, 0.25) is 17.6 Å². The minimum absolute atomic E-state index is 0.0823. The SMILES string of the molecule is CC(=O)N1CCN(Cc2ncc(C(=O)O)o2)CC1. The number of carbonyl (C=O) groups is 2. The Kier molecular flexibility index (Phi) is 3.61. The van der Waals surface area contributed by atoms with E-state index in [0.29, 0.717) is 25.5 Å². The number of aromatic carboxylic acids is 1. The van der Waals surface area contributed by atoms with Crippen LogP contribution in [0.25, 0.3) is 0 Å². The number of rotatable bonds is 3. The molecule has 18 heavy (non-hydrogen) atoms. The number of hydrogen-bond acceptors (Lipinski definition) is 5. The molecule has 1 aliphatic rings. The first-order chi connectivity index (χ1) is 8.56. The van der Waals surface area contributed by atoms with Crippen molar-refractivity contribution in [1.82, 2.24) is 14.8 Å². The normalized spacial score (nSPS) is 16.8. The van der Waals surface area contributed by atoms with E-state index >= 15 is 0 Å². The Balaban J connectivity index is 1.87. The molecule has 1 aliphatic heterocycles.